The van der Waals surface area contributed by atoms with Gasteiger partial charge in [0.2, 0.25) is 0 Å². The summed E-state index contributed by atoms with van der Waals surface area (Å²) in [7, 11) is 1.56. The van der Waals surface area contributed by atoms with Gasteiger partial charge in [0.05, 0.1) is 0 Å². The van der Waals surface area contributed by atoms with Crippen molar-refractivity contribution in [3.8, 4) is 5.75 Å². The van der Waals surface area contributed by atoms with Gasteiger partial charge in [-0.1, -0.05) is 24.3 Å². The number of benzene rings is 2. The molecule has 1 amide bonds. The molecule has 0 spiro atoms. The zero-order valence-corrected chi connectivity index (χ0v) is 13.5. The Kier molecular flexibility index (Phi) is 5.52. The number of rotatable bonds is 5. The minimum Gasteiger partial charge on any atom is -0.507 e. The molecule has 0 heterocycles. The standard InChI is InChI=1S/C18H18FNO4/c1-12-4-3-5-15(17(12)22)18(23)24-11-16(21)20(2)10-13-6-8-14(19)9-7-13/h3-9,22H,10-11H2,1-2H3. The fraction of sp³-hybridized carbons (Fsp3) is 0.222. The minimum absolute atomic E-state index is 0.0176. The molecule has 0 aliphatic heterocycles. The molecule has 0 saturated carbocycles. The summed E-state index contributed by atoms with van der Waals surface area (Å²) in [4.78, 5) is 25.3. The average Bonchev–Trinajstić information content (AvgIpc) is 2.56. The Hall–Kier alpha value is -2.89. The van der Waals surface area contributed by atoms with Crippen LogP contribution in [0.1, 0.15) is 21.5 Å². The molecular weight excluding hydrogens is 313 g/mol. The van der Waals surface area contributed by atoms with Gasteiger partial charge in [0.25, 0.3) is 5.91 Å². The lowest BCUT2D eigenvalue weighted by Gasteiger charge is -2.17. The molecule has 2 rings (SSSR count). The highest BCUT2D eigenvalue weighted by Crippen LogP contribution is 2.22. The molecule has 0 fully saturated rings. The smallest absolute Gasteiger partial charge is 0.342 e. The Morgan fingerprint density at radius 2 is 1.83 bits per heavy atom. The first kappa shape index (κ1) is 17.5. The normalized spacial score (nSPS) is 10.3. The molecule has 0 aliphatic rings. The summed E-state index contributed by atoms with van der Waals surface area (Å²) in [6.07, 6.45) is 0. The van der Waals surface area contributed by atoms with E-state index in [9.17, 15) is 19.1 Å². The van der Waals surface area contributed by atoms with Crippen LogP contribution in [0.25, 0.3) is 0 Å². The Morgan fingerprint density at radius 1 is 1.17 bits per heavy atom. The molecule has 0 bridgehead atoms. The van der Waals surface area contributed by atoms with Crippen LogP contribution in [0, 0.1) is 12.7 Å². The topological polar surface area (TPSA) is 66.8 Å². The average molecular weight is 331 g/mol. The first-order valence-corrected chi connectivity index (χ1v) is 7.32. The summed E-state index contributed by atoms with van der Waals surface area (Å²) in [5, 5.41) is 9.83. The molecule has 0 aliphatic carbocycles. The Bertz CT molecular complexity index is 743. The second-order valence-corrected chi connectivity index (χ2v) is 5.42. The molecule has 126 valence electrons. The third-order valence-electron chi connectivity index (χ3n) is 3.54. The summed E-state index contributed by atoms with van der Waals surface area (Å²) >= 11 is 0. The lowest BCUT2D eigenvalue weighted by Crippen LogP contribution is -2.30. The third-order valence-corrected chi connectivity index (χ3v) is 3.54. The molecule has 0 radical (unpaired) electrons. The van der Waals surface area contributed by atoms with Crippen LogP contribution in [0.2, 0.25) is 0 Å². The van der Waals surface area contributed by atoms with Crippen molar-refractivity contribution in [2.75, 3.05) is 13.7 Å². The molecule has 24 heavy (non-hydrogen) atoms. The van der Waals surface area contributed by atoms with E-state index in [4.69, 9.17) is 4.74 Å². The molecule has 2 aromatic carbocycles. The maximum atomic E-state index is 12.9. The van der Waals surface area contributed by atoms with Gasteiger partial charge in [-0.25, -0.2) is 9.18 Å². The molecule has 0 unspecified atom stereocenters. The predicted molar refractivity (Wildman–Crippen MR) is 86.0 cm³/mol. The van der Waals surface area contributed by atoms with Crippen molar-refractivity contribution in [1.29, 1.82) is 0 Å². The van der Waals surface area contributed by atoms with E-state index in [1.807, 2.05) is 0 Å². The van der Waals surface area contributed by atoms with E-state index in [1.165, 1.54) is 23.1 Å². The lowest BCUT2D eigenvalue weighted by molar-refractivity contribution is -0.133. The van der Waals surface area contributed by atoms with Crippen molar-refractivity contribution in [1.82, 2.24) is 4.90 Å². The quantitative estimate of drug-likeness (QED) is 0.856. The molecule has 0 saturated heterocycles. The van der Waals surface area contributed by atoms with Crippen LogP contribution in [0.4, 0.5) is 4.39 Å². The monoisotopic (exact) mass is 331 g/mol. The Labute approximate surface area is 139 Å². The van der Waals surface area contributed by atoms with Gasteiger partial charge in [0, 0.05) is 13.6 Å². The number of nitrogens with zero attached hydrogens (tertiary/aromatic N) is 1. The highest BCUT2D eigenvalue weighted by atomic mass is 19.1. The molecule has 5 nitrogen and oxygen atoms in total. The van der Waals surface area contributed by atoms with E-state index in [1.54, 1.807) is 38.2 Å². The number of aromatic hydroxyl groups is 1. The number of ether oxygens (including phenoxy) is 1. The van der Waals surface area contributed by atoms with Crippen molar-refractivity contribution < 1.29 is 23.8 Å². The number of likely N-dealkylation sites (N-methyl/N-ethyl adjacent to an activating group) is 1. The highest BCUT2D eigenvalue weighted by Gasteiger charge is 2.17. The van der Waals surface area contributed by atoms with E-state index < -0.39 is 18.5 Å². The van der Waals surface area contributed by atoms with Crippen LogP contribution in [0.5, 0.6) is 5.75 Å². The van der Waals surface area contributed by atoms with E-state index in [0.717, 1.165) is 5.56 Å². The van der Waals surface area contributed by atoms with Crippen LogP contribution in [-0.4, -0.2) is 35.5 Å². The first-order valence-electron chi connectivity index (χ1n) is 7.32. The summed E-state index contributed by atoms with van der Waals surface area (Å²) in [5.74, 6) is -1.67. The Balaban J connectivity index is 1.91. The third kappa shape index (κ3) is 4.32. The second-order valence-electron chi connectivity index (χ2n) is 5.42. The molecule has 1 N–H and O–H groups in total. The van der Waals surface area contributed by atoms with Gasteiger partial charge in [-0.3, -0.25) is 4.79 Å². The fourth-order valence-corrected chi connectivity index (χ4v) is 2.09. The van der Waals surface area contributed by atoms with Gasteiger partial charge in [-0.2, -0.15) is 0 Å². The summed E-state index contributed by atoms with van der Waals surface area (Å²) < 4.78 is 17.8. The summed E-state index contributed by atoms with van der Waals surface area (Å²) in [5.41, 5.74) is 1.32. The van der Waals surface area contributed by atoms with E-state index in [0.29, 0.717) is 5.56 Å². The number of esters is 1. The van der Waals surface area contributed by atoms with Crippen LogP contribution < -0.4 is 0 Å². The maximum Gasteiger partial charge on any atom is 0.342 e. The van der Waals surface area contributed by atoms with Crippen molar-refractivity contribution >= 4 is 11.9 Å². The van der Waals surface area contributed by atoms with Gasteiger partial charge in [-0.05, 0) is 36.2 Å². The lowest BCUT2D eigenvalue weighted by atomic mass is 10.1. The minimum atomic E-state index is -0.764. The second kappa shape index (κ2) is 7.59. The van der Waals surface area contributed by atoms with Crippen molar-refractivity contribution in [2.24, 2.45) is 0 Å². The SMILES string of the molecule is Cc1cccc(C(=O)OCC(=O)N(C)Cc2ccc(F)cc2)c1O. The largest absolute Gasteiger partial charge is 0.507 e. The van der Waals surface area contributed by atoms with Crippen LogP contribution in [0.3, 0.4) is 0 Å². The van der Waals surface area contributed by atoms with Crippen molar-refractivity contribution in [3.63, 3.8) is 0 Å². The molecular formula is C18H18FNO4. The summed E-state index contributed by atoms with van der Waals surface area (Å²) in [6, 6.07) is 10.5. The van der Waals surface area contributed by atoms with E-state index in [-0.39, 0.29) is 23.7 Å². The zero-order chi connectivity index (χ0) is 17.7. The van der Waals surface area contributed by atoms with Crippen LogP contribution >= 0.6 is 0 Å². The number of hydrogen-bond acceptors (Lipinski definition) is 4. The first-order chi connectivity index (χ1) is 11.4. The maximum absolute atomic E-state index is 12.9. The molecule has 2 aromatic rings. The van der Waals surface area contributed by atoms with Gasteiger partial charge >= 0.3 is 5.97 Å². The van der Waals surface area contributed by atoms with Crippen LogP contribution in [0.15, 0.2) is 42.5 Å². The van der Waals surface area contributed by atoms with E-state index >= 15 is 0 Å². The number of carbonyl (C=O) groups is 2. The highest BCUT2D eigenvalue weighted by molar-refractivity contribution is 5.94. The molecule has 0 aromatic heterocycles. The van der Waals surface area contributed by atoms with Crippen LogP contribution in [-0.2, 0) is 16.1 Å². The number of para-hydroxylation sites is 1. The molecule has 0 atom stereocenters. The number of phenols is 1. The zero-order valence-electron chi connectivity index (χ0n) is 13.5. The van der Waals surface area contributed by atoms with Crippen molar-refractivity contribution in [3.05, 3.63) is 65.0 Å². The number of carbonyl (C=O) groups excluding carboxylic acids is 2. The number of phenolic OH excluding ortho intramolecular Hbond substituents is 1. The number of amides is 1. The van der Waals surface area contributed by atoms with Gasteiger partial charge in [0.15, 0.2) is 6.61 Å². The summed E-state index contributed by atoms with van der Waals surface area (Å²) in [6.45, 7) is 1.49. The Morgan fingerprint density at radius 3 is 2.50 bits per heavy atom. The number of aryl methyl sites for hydroxylation is 1. The van der Waals surface area contributed by atoms with Gasteiger partial charge in [-0.15, -0.1) is 0 Å². The van der Waals surface area contributed by atoms with Gasteiger partial charge < -0.3 is 14.7 Å². The number of halogens is 1. The van der Waals surface area contributed by atoms with Crippen molar-refractivity contribution in [2.45, 2.75) is 13.5 Å². The molecule has 6 heteroatoms. The fourth-order valence-electron chi connectivity index (χ4n) is 2.09. The predicted octanol–water partition coefficient (Wildman–Crippen LogP) is 2.66. The van der Waals surface area contributed by atoms with Gasteiger partial charge in [0.1, 0.15) is 17.1 Å². The number of hydrogen-bond donors (Lipinski definition) is 1. The van der Waals surface area contributed by atoms with E-state index in [2.05, 4.69) is 0 Å².